The van der Waals surface area contributed by atoms with Gasteiger partial charge in [-0.3, -0.25) is 9.59 Å². The van der Waals surface area contributed by atoms with Crippen molar-refractivity contribution in [1.29, 1.82) is 0 Å². The molecule has 0 aliphatic rings. The molecule has 0 spiro atoms. The van der Waals surface area contributed by atoms with Crippen molar-refractivity contribution < 1.29 is 14.3 Å². The summed E-state index contributed by atoms with van der Waals surface area (Å²) in [6.45, 7) is 1.96. The molecule has 0 saturated heterocycles. The molecule has 1 N–H and O–H groups in total. The molecule has 0 bridgehead atoms. The molecule has 0 aromatic heterocycles. The van der Waals surface area contributed by atoms with Crippen LogP contribution >= 0.6 is 0 Å². The van der Waals surface area contributed by atoms with Crippen LogP contribution in [0.1, 0.15) is 35.2 Å². The Balaban J connectivity index is 1.63. The van der Waals surface area contributed by atoms with Crippen molar-refractivity contribution in [2.75, 3.05) is 5.32 Å². The molecule has 4 heteroatoms. The minimum absolute atomic E-state index is 0.185. The monoisotopic (exact) mass is 359 g/mol. The van der Waals surface area contributed by atoms with Crippen LogP contribution < -0.4 is 10.1 Å². The molecule has 0 radical (unpaired) electrons. The van der Waals surface area contributed by atoms with E-state index in [1.807, 2.05) is 55.5 Å². The molecule has 0 saturated carbocycles. The van der Waals surface area contributed by atoms with Crippen LogP contribution in [0.2, 0.25) is 0 Å². The number of ether oxygens (including phenoxy) is 1. The molecule has 0 aliphatic carbocycles. The molecule has 1 unspecified atom stereocenters. The van der Waals surface area contributed by atoms with Gasteiger partial charge in [-0.25, -0.2) is 0 Å². The Bertz CT molecular complexity index is 890. The minimum atomic E-state index is -0.302. The summed E-state index contributed by atoms with van der Waals surface area (Å²) in [6.07, 6.45) is 0.661. The van der Waals surface area contributed by atoms with Gasteiger partial charge >= 0.3 is 5.97 Å². The fourth-order valence-corrected chi connectivity index (χ4v) is 2.81. The van der Waals surface area contributed by atoms with Gasteiger partial charge in [0, 0.05) is 11.3 Å². The fourth-order valence-electron chi connectivity index (χ4n) is 2.81. The summed E-state index contributed by atoms with van der Waals surface area (Å²) in [4.78, 5) is 24.7. The molecule has 4 nitrogen and oxygen atoms in total. The molecule has 0 aliphatic heterocycles. The zero-order chi connectivity index (χ0) is 19.1. The zero-order valence-corrected chi connectivity index (χ0v) is 15.1. The lowest BCUT2D eigenvalue weighted by molar-refractivity contribution is -0.136. The van der Waals surface area contributed by atoms with Crippen molar-refractivity contribution >= 4 is 17.6 Å². The molecule has 27 heavy (non-hydrogen) atoms. The van der Waals surface area contributed by atoms with Crippen molar-refractivity contribution in [2.24, 2.45) is 0 Å². The normalized spacial score (nSPS) is 11.4. The molecule has 0 fully saturated rings. The van der Waals surface area contributed by atoms with Gasteiger partial charge < -0.3 is 10.1 Å². The lowest BCUT2D eigenvalue weighted by atomic mass is 9.97. The van der Waals surface area contributed by atoms with Gasteiger partial charge in [0.05, 0.1) is 5.92 Å². The number of rotatable bonds is 6. The Kier molecular flexibility index (Phi) is 6.00. The number of anilines is 1. The van der Waals surface area contributed by atoms with Crippen molar-refractivity contribution in [3.8, 4) is 5.75 Å². The summed E-state index contributed by atoms with van der Waals surface area (Å²) >= 11 is 0. The van der Waals surface area contributed by atoms with E-state index < -0.39 is 0 Å². The van der Waals surface area contributed by atoms with E-state index in [1.54, 1.807) is 36.4 Å². The maximum absolute atomic E-state index is 12.5. The number of carbonyl (C=O) groups is 2. The van der Waals surface area contributed by atoms with Crippen LogP contribution in [0.15, 0.2) is 84.9 Å². The Hall–Kier alpha value is -3.40. The molecule has 3 rings (SSSR count). The van der Waals surface area contributed by atoms with Gasteiger partial charge in [-0.05, 0) is 48.4 Å². The first-order chi connectivity index (χ1) is 13.2. The van der Waals surface area contributed by atoms with E-state index >= 15 is 0 Å². The van der Waals surface area contributed by atoms with E-state index in [4.69, 9.17) is 4.74 Å². The fraction of sp³-hybridized carbons (Fsp3) is 0.130. The Labute approximate surface area is 158 Å². The largest absolute Gasteiger partial charge is 0.426 e. The van der Waals surface area contributed by atoms with Crippen LogP contribution in [0.25, 0.3) is 0 Å². The average Bonchev–Trinajstić information content (AvgIpc) is 2.71. The summed E-state index contributed by atoms with van der Waals surface area (Å²) < 4.78 is 5.51. The van der Waals surface area contributed by atoms with Gasteiger partial charge in [0.15, 0.2) is 0 Å². The molecule has 1 amide bonds. The summed E-state index contributed by atoms with van der Waals surface area (Å²) in [5, 5.41) is 2.82. The van der Waals surface area contributed by atoms with Crippen LogP contribution in [0.4, 0.5) is 5.69 Å². The van der Waals surface area contributed by atoms with Crippen LogP contribution in [0.3, 0.4) is 0 Å². The van der Waals surface area contributed by atoms with Crippen LogP contribution in [-0.2, 0) is 4.79 Å². The molecule has 3 aromatic carbocycles. The third kappa shape index (κ3) is 4.82. The van der Waals surface area contributed by atoms with Crippen LogP contribution in [-0.4, -0.2) is 11.9 Å². The quantitative estimate of drug-likeness (QED) is 0.496. The second-order valence-corrected chi connectivity index (χ2v) is 6.14. The lowest BCUT2D eigenvalue weighted by Crippen LogP contribution is -2.18. The van der Waals surface area contributed by atoms with Crippen LogP contribution in [0.5, 0.6) is 5.75 Å². The number of esters is 1. The van der Waals surface area contributed by atoms with Crippen molar-refractivity contribution in [2.45, 2.75) is 19.3 Å². The first-order valence-corrected chi connectivity index (χ1v) is 8.90. The highest BCUT2D eigenvalue weighted by atomic mass is 16.5. The number of benzene rings is 3. The maximum atomic E-state index is 12.5. The number of carbonyl (C=O) groups excluding carboxylic acids is 2. The smallest absolute Gasteiger partial charge is 0.318 e. The number of nitrogens with one attached hydrogen (secondary N) is 1. The summed E-state index contributed by atoms with van der Waals surface area (Å²) in [5.41, 5.74) is 2.16. The van der Waals surface area contributed by atoms with E-state index in [9.17, 15) is 9.59 Å². The number of hydrogen-bond donors (Lipinski definition) is 1. The second kappa shape index (κ2) is 8.81. The standard InChI is InChI=1S/C23H21NO3/c1-2-21(17-9-5-3-6-10-17)23(26)27-20-15-13-19(14-16-20)24-22(25)18-11-7-4-8-12-18/h3-16,21H,2H2,1H3,(H,24,25). The van der Waals surface area contributed by atoms with Gasteiger partial charge in [-0.2, -0.15) is 0 Å². The number of hydrogen-bond acceptors (Lipinski definition) is 3. The highest BCUT2D eigenvalue weighted by Crippen LogP contribution is 2.23. The molecule has 0 heterocycles. The first kappa shape index (κ1) is 18.4. The predicted molar refractivity (Wildman–Crippen MR) is 106 cm³/mol. The van der Waals surface area contributed by atoms with Crippen molar-refractivity contribution in [1.82, 2.24) is 0 Å². The topological polar surface area (TPSA) is 55.4 Å². The Morgan fingerprint density at radius 2 is 1.44 bits per heavy atom. The van der Waals surface area contributed by atoms with Gasteiger partial charge in [-0.1, -0.05) is 55.5 Å². The predicted octanol–water partition coefficient (Wildman–Crippen LogP) is 5.04. The highest BCUT2D eigenvalue weighted by Gasteiger charge is 2.20. The van der Waals surface area contributed by atoms with Crippen molar-refractivity contribution in [3.63, 3.8) is 0 Å². The SMILES string of the molecule is CCC(C(=O)Oc1ccc(NC(=O)c2ccccc2)cc1)c1ccccc1. The minimum Gasteiger partial charge on any atom is -0.426 e. The molecular weight excluding hydrogens is 338 g/mol. The number of amides is 1. The maximum Gasteiger partial charge on any atom is 0.318 e. The third-order valence-electron chi connectivity index (χ3n) is 4.26. The Morgan fingerprint density at radius 3 is 2.04 bits per heavy atom. The molecule has 3 aromatic rings. The zero-order valence-electron chi connectivity index (χ0n) is 15.1. The van der Waals surface area contributed by atoms with Gasteiger partial charge in [-0.15, -0.1) is 0 Å². The third-order valence-corrected chi connectivity index (χ3v) is 4.26. The summed E-state index contributed by atoms with van der Waals surface area (Å²) in [6, 6.07) is 25.4. The average molecular weight is 359 g/mol. The van der Waals surface area contributed by atoms with Gasteiger partial charge in [0.2, 0.25) is 0 Å². The van der Waals surface area contributed by atoms with Gasteiger partial charge in [0.1, 0.15) is 5.75 Å². The molecule has 1 atom stereocenters. The van der Waals surface area contributed by atoms with Crippen molar-refractivity contribution in [3.05, 3.63) is 96.1 Å². The second-order valence-electron chi connectivity index (χ2n) is 6.14. The van der Waals surface area contributed by atoms with E-state index in [0.717, 1.165) is 5.56 Å². The van der Waals surface area contributed by atoms with Gasteiger partial charge in [0.25, 0.3) is 5.91 Å². The molecule has 136 valence electrons. The first-order valence-electron chi connectivity index (χ1n) is 8.90. The molecular formula is C23H21NO3. The van der Waals surface area contributed by atoms with E-state index in [-0.39, 0.29) is 17.8 Å². The van der Waals surface area contributed by atoms with E-state index in [0.29, 0.717) is 23.4 Å². The lowest BCUT2D eigenvalue weighted by Gasteiger charge is -2.14. The van der Waals surface area contributed by atoms with E-state index in [1.165, 1.54) is 0 Å². The van der Waals surface area contributed by atoms with Crippen LogP contribution in [0, 0.1) is 0 Å². The Morgan fingerprint density at radius 1 is 0.852 bits per heavy atom. The van der Waals surface area contributed by atoms with E-state index in [2.05, 4.69) is 5.32 Å². The summed E-state index contributed by atoms with van der Waals surface area (Å²) in [7, 11) is 0. The highest BCUT2D eigenvalue weighted by molar-refractivity contribution is 6.04. The summed E-state index contributed by atoms with van der Waals surface area (Å²) in [5.74, 6) is -0.323.